The molecule has 4 rings (SSSR count). The van der Waals surface area contributed by atoms with Gasteiger partial charge in [-0.3, -0.25) is 4.79 Å². The van der Waals surface area contributed by atoms with E-state index in [1.54, 1.807) is 30.3 Å². The molecule has 0 radical (unpaired) electrons. The van der Waals surface area contributed by atoms with Crippen molar-refractivity contribution in [3.8, 4) is 11.6 Å². The molecule has 0 saturated carbocycles. The van der Waals surface area contributed by atoms with Gasteiger partial charge < -0.3 is 15.4 Å². The molecule has 1 aromatic carbocycles. The first-order valence-corrected chi connectivity index (χ1v) is 10.2. The van der Waals surface area contributed by atoms with Crippen molar-refractivity contribution in [1.29, 1.82) is 0 Å². The Morgan fingerprint density at radius 1 is 1.16 bits per heavy atom. The number of hydrogen-bond acceptors (Lipinski definition) is 8. The van der Waals surface area contributed by atoms with Crippen molar-refractivity contribution in [2.45, 2.75) is 26.8 Å². The first kappa shape index (κ1) is 21.2. The number of anilines is 2. The van der Waals surface area contributed by atoms with Crippen LogP contribution >= 0.6 is 0 Å². The highest BCUT2D eigenvalue weighted by molar-refractivity contribution is 5.76. The molecule has 0 fully saturated rings. The smallest absolute Gasteiger partial charge is 0.229 e. The van der Waals surface area contributed by atoms with E-state index < -0.39 is 0 Å². The number of pyridine rings is 1. The fraction of sp³-hybridized carbons (Fsp3) is 0.273. The zero-order valence-corrected chi connectivity index (χ0v) is 18.1. The highest BCUT2D eigenvalue weighted by atomic mass is 16.5. The largest absolute Gasteiger partial charge is 0.481 e. The molecule has 0 aliphatic carbocycles. The van der Waals surface area contributed by atoms with Crippen LogP contribution in [-0.2, 0) is 11.3 Å². The molecule has 164 valence electrons. The first-order chi connectivity index (χ1) is 15.5. The zero-order valence-electron chi connectivity index (χ0n) is 18.1. The van der Waals surface area contributed by atoms with E-state index in [-0.39, 0.29) is 5.91 Å². The van der Waals surface area contributed by atoms with Gasteiger partial charge in [0.25, 0.3) is 0 Å². The summed E-state index contributed by atoms with van der Waals surface area (Å²) in [6.07, 6.45) is 3.75. The van der Waals surface area contributed by atoms with E-state index in [0.29, 0.717) is 41.9 Å². The molecule has 10 nitrogen and oxygen atoms in total. The quantitative estimate of drug-likeness (QED) is 0.436. The minimum atomic E-state index is 0.0353. The van der Waals surface area contributed by atoms with Gasteiger partial charge in [-0.05, 0) is 29.7 Å². The molecule has 3 aromatic heterocycles. The Labute approximate surface area is 185 Å². The highest BCUT2D eigenvalue weighted by Gasteiger charge is 2.12. The number of nitrogens with zero attached hydrogens (tertiary/aromatic N) is 6. The summed E-state index contributed by atoms with van der Waals surface area (Å²) in [7, 11) is 1.56. The summed E-state index contributed by atoms with van der Waals surface area (Å²) in [5, 5.41) is 14.5. The normalized spacial score (nSPS) is 11.0. The summed E-state index contributed by atoms with van der Waals surface area (Å²) in [5.74, 6) is 1.27. The van der Waals surface area contributed by atoms with Crippen LogP contribution < -0.4 is 15.4 Å². The Kier molecular flexibility index (Phi) is 6.20. The molecule has 10 heteroatoms. The van der Waals surface area contributed by atoms with Gasteiger partial charge in [0.15, 0.2) is 11.2 Å². The molecule has 0 bridgehead atoms. The summed E-state index contributed by atoms with van der Waals surface area (Å²) in [6.45, 7) is 4.48. The van der Waals surface area contributed by atoms with Gasteiger partial charge in [-0.2, -0.15) is 9.67 Å². The van der Waals surface area contributed by atoms with E-state index in [2.05, 4.69) is 35.9 Å². The highest BCUT2D eigenvalue weighted by Crippen LogP contribution is 2.19. The molecule has 32 heavy (non-hydrogen) atoms. The monoisotopic (exact) mass is 432 g/mol. The third-order valence-corrected chi connectivity index (χ3v) is 4.63. The second-order valence-corrected chi connectivity index (χ2v) is 7.66. The first-order valence-electron chi connectivity index (χ1n) is 10.2. The minimum absolute atomic E-state index is 0.0353. The van der Waals surface area contributed by atoms with Gasteiger partial charge >= 0.3 is 0 Å². The van der Waals surface area contributed by atoms with E-state index >= 15 is 0 Å². The molecule has 1 amide bonds. The number of ether oxygens (including phenoxy) is 1. The van der Waals surface area contributed by atoms with E-state index in [1.807, 2.05) is 44.2 Å². The Bertz CT molecular complexity index is 1220. The maximum atomic E-state index is 12.0. The van der Waals surface area contributed by atoms with E-state index in [1.165, 1.54) is 0 Å². The lowest BCUT2D eigenvalue weighted by Crippen LogP contribution is -2.23. The average molecular weight is 432 g/mol. The fourth-order valence-corrected chi connectivity index (χ4v) is 3.11. The molecule has 0 atom stereocenters. The molecular formula is C22H24N8O2. The number of aromatic nitrogens is 6. The summed E-state index contributed by atoms with van der Waals surface area (Å²) < 4.78 is 6.72. The van der Waals surface area contributed by atoms with Crippen molar-refractivity contribution in [2.75, 3.05) is 12.4 Å². The number of fused-ring (bicyclic) bond motifs is 1. The van der Waals surface area contributed by atoms with Crippen LogP contribution in [0, 0.1) is 5.92 Å². The predicted octanol–water partition coefficient (Wildman–Crippen LogP) is 3.02. The molecule has 0 saturated heterocycles. The van der Waals surface area contributed by atoms with Crippen molar-refractivity contribution in [3.05, 3.63) is 54.4 Å². The summed E-state index contributed by atoms with van der Waals surface area (Å²) in [4.78, 5) is 25.0. The summed E-state index contributed by atoms with van der Waals surface area (Å²) >= 11 is 0. The molecule has 2 N–H and O–H groups in total. The Balaban J connectivity index is 1.55. The molecule has 3 heterocycles. The third kappa shape index (κ3) is 4.97. The van der Waals surface area contributed by atoms with Crippen LogP contribution in [0.5, 0.6) is 5.88 Å². The molecular weight excluding hydrogens is 408 g/mol. The molecule has 0 spiro atoms. The maximum Gasteiger partial charge on any atom is 0.229 e. The van der Waals surface area contributed by atoms with Gasteiger partial charge in [0.2, 0.25) is 17.7 Å². The van der Waals surface area contributed by atoms with E-state index in [0.717, 1.165) is 16.9 Å². The van der Waals surface area contributed by atoms with Gasteiger partial charge in [0.05, 0.1) is 30.9 Å². The van der Waals surface area contributed by atoms with Crippen LogP contribution in [0.1, 0.15) is 25.8 Å². The number of benzene rings is 1. The molecule has 0 unspecified atom stereocenters. The number of hydrogen-bond donors (Lipinski definition) is 2. The lowest BCUT2D eigenvalue weighted by Gasteiger charge is -2.09. The molecule has 4 aromatic rings. The predicted molar refractivity (Wildman–Crippen MR) is 120 cm³/mol. The van der Waals surface area contributed by atoms with Crippen molar-refractivity contribution < 1.29 is 9.53 Å². The van der Waals surface area contributed by atoms with Gasteiger partial charge in [0.1, 0.15) is 0 Å². The SMILES string of the molecule is COc1ccc(Nc2ncc3nnn(-c4cccc(CNC(=O)CC(C)C)c4)c3n2)cn1. The number of carbonyl (C=O) groups is 1. The second kappa shape index (κ2) is 9.38. The topological polar surface area (TPSA) is 120 Å². The Morgan fingerprint density at radius 2 is 2.03 bits per heavy atom. The number of methoxy groups -OCH3 is 1. The summed E-state index contributed by atoms with van der Waals surface area (Å²) in [5.41, 5.74) is 3.60. The van der Waals surface area contributed by atoms with E-state index in [4.69, 9.17) is 4.74 Å². The van der Waals surface area contributed by atoms with Crippen LogP contribution in [0.25, 0.3) is 16.9 Å². The fourth-order valence-electron chi connectivity index (χ4n) is 3.11. The van der Waals surface area contributed by atoms with Crippen LogP contribution in [0.15, 0.2) is 48.8 Å². The standard InChI is InChI=1S/C22H24N8O2/c1-14(2)9-19(31)23-11-15-5-4-6-17(10-15)30-21-18(28-29-30)13-25-22(27-21)26-16-7-8-20(32-3)24-12-16/h4-8,10,12-14H,9,11H2,1-3H3,(H,23,31)(H,25,26,27). The second-order valence-electron chi connectivity index (χ2n) is 7.66. The van der Waals surface area contributed by atoms with E-state index in [9.17, 15) is 4.79 Å². The number of rotatable bonds is 8. The van der Waals surface area contributed by atoms with Gasteiger partial charge in [-0.15, -0.1) is 5.10 Å². The number of carbonyl (C=O) groups excluding carboxylic acids is 1. The van der Waals surface area contributed by atoms with Crippen molar-refractivity contribution in [2.24, 2.45) is 5.92 Å². The van der Waals surface area contributed by atoms with Crippen LogP contribution in [0.2, 0.25) is 0 Å². The lowest BCUT2D eigenvalue weighted by molar-refractivity contribution is -0.121. The van der Waals surface area contributed by atoms with Crippen molar-refractivity contribution in [1.82, 2.24) is 35.3 Å². The molecule has 0 aliphatic heterocycles. The van der Waals surface area contributed by atoms with Crippen LogP contribution in [0.4, 0.5) is 11.6 Å². The van der Waals surface area contributed by atoms with Gasteiger partial charge in [0, 0.05) is 19.0 Å². The minimum Gasteiger partial charge on any atom is -0.481 e. The third-order valence-electron chi connectivity index (χ3n) is 4.63. The van der Waals surface area contributed by atoms with Crippen LogP contribution in [0.3, 0.4) is 0 Å². The van der Waals surface area contributed by atoms with Gasteiger partial charge in [-0.1, -0.05) is 31.2 Å². The lowest BCUT2D eigenvalue weighted by atomic mass is 10.1. The van der Waals surface area contributed by atoms with Crippen molar-refractivity contribution >= 4 is 28.7 Å². The zero-order chi connectivity index (χ0) is 22.5. The summed E-state index contributed by atoms with van der Waals surface area (Å²) in [6, 6.07) is 11.3. The maximum absolute atomic E-state index is 12.0. The van der Waals surface area contributed by atoms with Gasteiger partial charge in [-0.25, -0.2) is 9.97 Å². The number of amides is 1. The van der Waals surface area contributed by atoms with Crippen molar-refractivity contribution in [3.63, 3.8) is 0 Å². The molecule has 0 aliphatic rings. The average Bonchev–Trinajstić information content (AvgIpc) is 3.21. The Morgan fingerprint density at radius 3 is 2.78 bits per heavy atom. The Hall–Kier alpha value is -4.08. The number of nitrogens with one attached hydrogen (secondary N) is 2. The van der Waals surface area contributed by atoms with Crippen LogP contribution in [-0.4, -0.2) is 43.0 Å².